The molecule has 2 atom stereocenters. The molecular formula is C26H29ClN2O2. The monoisotopic (exact) mass is 436 g/mol. The Bertz CT molecular complexity index is 1130. The molecule has 1 N–H and O–H groups in total. The van der Waals surface area contributed by atoms with Crippen molar-refractivity contribution in [3.8, 4) is 11.1 Å². The van der Waals surface area contributed by atoms with Crippen molar-refractivity contribution >= 4 is 23.6 Å². The van der Waals surface area contributed by atoms with Gasteiger partial charge in [-0.1, -0.05) is 54.0 Å². The average Bonchev–Trinajstić information content (AvgIpc) is 3.03. The first-order valence-electron chi connectivity index (χ1n) is 10.6. The van der Waals surface area contributed by atoms with Crippen LogP contribution >= 0.6 is 11.6 Å². The number of aromatic nitrogens is 1. The maximum Gasteiger partial charge on any atom is 0.141 e. The molecule has 2 heterocycles. The third-order valence-corrected chi connectivity index (χ3v) is 7.19. The van der Waals surface area contributed by atoms with Gasteiger partial charge >= 0.3 is 0 Å². The van der Waals surface area contributed by atoms with Crippen LogP contribution in [0.25, 0.3) is 11.1 Å². The summed E-state index contributed by atoms with van der Waals surface area (Å²) in [6.07, 6.45) is 1.80. The molecule has 0 bridgehead atoms. The molecule has 0 aliphatic carbocycles. The summed E-state index contributed by atoms with van der Waals surface area (Å²) in [7, 11) is 0. The number of hydrogen-bond donors (Lipinski definition) is 1. The van der Waals surface area contributed by atoms with Crippen LogP contribution < -0.4 is 5.32 Å². The number of halogens is 1. The standard InChI is InChI=1S/C26H29ClN2O2/c1-15-12-19(21-16(2)29-31-17(21)3)23(27)22-24(15)28-25(4,5)20(14-30)26(22,6)13-18-10-8-7-9-11-18/h7-12,14,20,28H,13H2,1-6H3. The Morgan fingerprint density at radius 1 is 1.16 bits per heavy atom. The molecule has 4 nitrogen and oxygen atoms in total. The van der Waals surface area contributed by atoms with Gasteiger partial charge in [0.15, 0.2) is 0 Å². The van der Waals surface area contributed by atoms with Crippen LogP contribution in [0.3, 0.4) is 0 Å². The minimum atomic E-state index is -0.496. The van der Waals surface area contributed by atoms with E-state index in [1.54, 1.807) is 0 Å². The number of aryl methyl sites for hydroxylation is 3. The number of carbonyl (C=O) groups is 1. The zero-order chi connectivity index (χ0) is 22.6. The molecule has 1 aromatic heterocycles. The molecule has 1 aliphatic rings. The van der Waals surface area contributed by atoms with Gasteiger partial charge in [0.25, 0.3) is 0 Å². The summed E-state index contributed by atoms with van der Waals surface area (Å²) in [4.78, 5) is 12.5. The SMILES string of the molecule is Cc1cc(-c2c(C)noc2C)c(Cl)c2c1NC(C)(C)C(C=O)C2(C)Cc1ccccc1. The highest BCUT2D eigenvalue weighted by Gasteiger charge is 2.51. The lowest BCUT2D eigenvalue weighted by atomic mass is 9.59. The van der Waals surface area contributed by atoms with Gasteiger partial charge in [-0.3, -0.25) is 0 Å². The number of nitrogens with one attached hydrogen (secondary N) is 1. The van der Waals surface area contributed by atoms with Crippen LogP contribution in [0.15, 0.2) is 40.9 Å². The first-order valence-corrected chi connectivity index (χ1v) is 11.0. The lowest BCUT2D eigenvalue weighted by Gasteiger charge is -2.51. The van der Waals surface area contributed by atoms with Gasteiger partial charge in [-0.05, 0) is 58.2 Å². The molecule has 4 rings (SSSR count). The highest BCUT2D eigenvalue weighted by molar-refractivity contribution is 6.35. The first-order chi connectivity index (χ1) is 14.6. The minimum absolute atomic E-state index is 0.274. The fourth-order valence-corrected chi connectivity index (χ4v) is 5.89. The first kappa shape index (κ1) is 21.6. The van der Waals surface area contributed by atoms with E-state index in [1.165, 1.54) is 5.56 Å². The Labute approximate surface area is 189 Å². The van der Waals surface area contributed by atoms with Crippen LogP contribution in [0.2, 0.25) is 5.02 Å². The van der Waals surface area contributed by atoms with Crippen molar-refractivity contribution in [3.05, 3.63) is 69.6 Å². The molecule has 0 fully saturated rings. The molecule has 0 saturated carbocycles. The maximum absolute atomic E-state index is 12.5. The topological polar surface area (TPSA) is 55.1 Å². The summed E-state index contributed by atoms with van der Waals surface area (Å²) in [6, 6.07) is 12.4. The van der Waals surface area contributed by atoms with Crippen LogP contribution in [0.1, 0.15) is 48.9 Å². The smallest absolute Gasteiger partial charge is 0.141 e. The van der Waals surface area contributed by atoms with E-state index in [0.29, 0.717) is 11.4 Å². The summed E-state index contributed by atoms with van der Waals surface area (Å²) < 4.78 is 5.43. The minimum Gasteiger partial charge on any atom is -0.379 e. The molecular weight excluding hydrogens is 408 g/mol. The number of nitrogens with zero attached hydrogens (tertiary/aromatic N) is 1. The summed E-state index contributed by atoms with van der Waals surface area (Å²) in [5, 5.41) is 8.42. The molecule has 0 spiro atoms. The highest BCUT2D eigenvalue weighted by atomic mass is 35.5. The maximum atomic E-state index is 12.5. The average molecular weight is 437 g/mol. The number of benzene rings is 2. The van der Waals surface area contributed by atoms with E-state index in [0.717, 1.165) is 45.7 Å². The van der Waals surface area contributed by atoms with Crippen LogP contribution in [-0.2, 0) is 16.6 Å². The molecule has 0 saturated heterocycles. The fraction of sp³-hybridized carbons (Fsp3) is 0.385. The van der Waals surface area contributed by atoms with Crippen molar-refractivity contribution in [2.24, 2.45) is 5.92 Å². The van der Waals surface area contributed by atoms with Crippen LogP contribution in [0, 0.1) is 26.7 Å². The van der Waals surface area contributed by atoms with Gasteiger partial charge in [0, 0.05) is 39.2 Å². The molecule has 2 aromatic carbocycles. The van der Waals surface area contributed by atoms with Crippen LogP contribution in [0.4, 0.5) is 5.69 Å². The third kappa shape index (κ3) is 3.38. The van der Waals surface area contributed by atoms with Crippen LogP contribution in [-0.4, -0.2) is 17.0 Å². The Kier molecular flexibility index (Phi) is 5.25. The van der Waals surface area contributed by atoms with Crippen LogP contribution in [0.5, 0.6) is 0 Å². The Hall–Kier alpha value is -2.59. The second kappa shape index (κ2) is 7.52. The van der Waals surface area contributed by atoms with E-state index in [2.05, 4.69) is 56.4 Å². The van der Waals surface area contributed by atoms with Gasteiger partial charge in [0.2, 0.25) is 0 Å². The molecule has 0 radical (unpaired) electrons. The van der Waals surface area contributed by atoms with Crippen molar-refractivity contribution in [2.75, 3.05) is 5.32 Å². The number of rotatable bonds is 4. The van der Waals surface area contributed by atoms with Crippen molar-refractivity contribution in [1.29, 1.82) is 0 Å². The number of hydrogen-bond acceptors (Lipinski definition) is 4. The molecule has 162 valence electrons. The molecule has 5 heteroatoms. The third-order valence-electron chi connectivity index (χ3n) is 6.80. The zero-order valence-electron chi connectivity index (χ0n) is 19.0. The molecule has 0 amide bonds. The van der Waals surface area contributed by atoms with E-state index < -0.39 is 11.0 Å². The van der Waals surface area contributed by atoms with Gasteiger partial charge in [-0.2, -0.15) is 0 Å². The Balaban J connectivity index is 2.03. The van der Waals surface area contributed by atoms with E-state index in [1.807, 2.05) is 32.0 Å². The van der Waals surface area contributed by atoms with Gasteiger partial charge in [0.05, 0.1) is 10.7 Å². The largest absolute Gasteiger partial charge is 0.379 e. The van der Waals surface area contributed by atoms with E-state index in [4.69, 9.17) is 16.1 Å². The lowest BCUT2D eigenvalue weighted by molar-refractivity contribution is -0.114. The van der Waals surface area contributed by atoms with Gasteiger partial charge in [-0.25, -0.2) is 0 Å². The molecule has 1 aliphatic heterocycles. The lowest BCUT2D eigenvalue weighted by Crippen LogP contribution is -2.56. The number of fused-ring (bicyclic) bond motifs is 1. The Morgan fingerprint density at radius 3 is 2.42 bits per heavy atom. The van der Waals surface area contributed by atoms with Crippen molar-refractivity contribution < 1.29 is 9.32 Å². The zero-order valence-corrected chi connectivity index (χ0v) is 19.7. The van der Waals surface area contributed by atoms with E-state index in [9.17, 15) is 4.79 Å². The fourth-order valence-electron chi connectivity index (χ4n) is 5.43. The van der Waals surface area contributed by atoms with Crippen molar-refractivity contribution in [1.82, 2.24) is 5.16 Å². The summed E-state index contributed by atoms with van der Waals surface area (Å²) >= 11 is 7.17. The number of aldehydes is 1. The quantitative estimate of drug-likeness (QED) is 0.478. The van der Waals surface area contributed by atoms with Gasteiger partial charge < -0.3 is 14.6 Å². The second-order valence-corrected chi connectivity index (χ2v) is 9.92. The predicted octanol–water partition coefficient (Wildman–Crippen LogP) is 6.44. The summed E-state index contributed by atoms with van der Waals surface area (Å²) in [6.45, 7) is 12.3. The normalized spacial score (nSPS) is 22.0. The molecule has 2 unspecified atom stereocenters. The molecule has 3 aromatic rings. The number of anilines is 1. The van der Waals surface area contributed by atoms with Gasteiger partial charge in [-0.15, -0.1) is 0 Å². The summed E-state index contributed by atoms with van der Waals surface area (Å²) in [5.74, 6) is 0.462. The second-order valence-electron chi connectivity index (χ2n) is 9.54. The predicted molar refractivity (Wildman–Crippen MR) is 126 cm³/mol. The van der Waals surface area contributed by atoms with Gasteiger partial charge in [0.1, 0.15) is 12.0 Å². The highest BCUT2D eigenvalue weighted by Crippen LogP contribution is 2.54. The summed E-state index contributed by atoms with van der Waals surface area (Å²) in [5.41, 5.74) is 5.99. The Morgan fingerprint density at radius 2 is 1.84 bits per heavy atom. The number of carbonyl (C=O) groups excluding carboxylic acids is 1. The van der Waals surface area contributed by atoms with E-state index >= 15 is 0 Å². The van der Waals surface area contributed by atoms with Crippen molar-refractivity contribution in [3.63, 3.8) is 0 Å². The molecule has 31 heavy (non-hydrogen) atoms. The van der Waals surface area contributed by atoms with E-state index in [-0.39, 0.29) is 5.92 Å². The van der Waals surface area contributed by atoms with Crippen molar-refractivity contribution in [2.45, 2.75) is 58.9 Å².